The summed E-state index contributed by atoms with van der Waals surface area (Å²) in [5.74, 6) is 2.19. The second-order valence-corrected chi connectivity index (χ2v) is 5.89. The van der Waals surface area contributed by atoms with Gasteiger partial charge in [0.25, 0.3) is 0 Å². The molecule has 1 aromatic heterocycles. The molecule has 0 N–H and O–H groups in total. The Morgan fingerprint density at radius 2 is 1.62 bits per heavy atom. The molecule has 1 atom stereocenters. The summed E-state index contributed by atoms with van der Waals surface area (Å²) in [6.07, 6.45) is 2.08. The highest BCUT2D eigenvalue weighted by molar-refractivity contribution is 5.81. The van der Waals surface area contributed by atoms with E-state index in [4.69, 9.17) is 14.2 Å². The third-order valence-electron chi connectivity index (χ3n) is 4.61. The maximum Gasteiger partial charge on any atom is 0.203 e. The number of aromatic nitrogens is 1. The van der Waals surface area contributed by atoms with Crippen LogP contribution in [0.2, 0.25) is 0 Å². The number of nitrogens with zero attached hydrogens (tertiary/aromatic N) is 1. The highest BCUT2D eigenvalue weighted by Gasteiger charge is 2.21. The van der Waals surface area contributed by atoms with Gasteiger partial charge in [-0.15, -0.1) is 0 Å². The van der Waals surface area contributed by atoms with Crippen LogP contribution < -0.4 is 14.2 Å². The lowest BCUT2D eigenvalue weighted by Crippen LogP contribution is -2.03. The minimum atomic E-state index is 0.171. The zero-order valence-corrected chi connectivity index (χ0v) is 14.8. The fourth-order valence-electron chi connectivity index (χ4n) is 3.21. The average molecular weight is 325 g/mol. The van der Waals surface area contributed by atoms with Crippen LogP contribution in [0.4, 0.5) is 0 Å². The molecule has 24 heavy (non-hydrogen) atoms. The highest BCUT2D eigenvalue weighted by Crippen LogP contribution is 2.44. The number of methoxy groups -OCH3 is 3. The lowest BCUT2D eigenvalue weighted by Gasteiger charge is -2.20. The maximum atomic E-state index is 5.63. The second-order valence-electron chi connectivity index (χ2n) is 5.89. The van der Waals surface area contributed by atoms with Crippen LogP contribution in [-0.4, -0.2) is 25.9 Å². The van der Waals surface area contributed by atoms with Gasteiger partial charge in [-0.3, -0.25) is 0 Å². The summed E-state index contributed by atoms with van der Waals surface area (Å²) in [4.78, 5) is 0. The average Bonchev–Trinajstić information content (AvgIpc) is 3.00. The molecule has 0 fully saturated rings. The molecule has 126 valence electrons. The van der Waals surface area contributed by atoms with Crippen LogP contribution in [0, 0.1) is 0 Å². The minimum Gasteiger partial charge on any atom is -0.493 e. The van der Waals surface area contributed by atoms with E-state index >= 15 is 0 Å². The summed E-state index contributed by atoms with van der Waals surface area (Å²) < 4.78 is 18.6. The number of ether oxygens (including phenoxy) is 3. The lowest BCUT2D eigenvalue weighted by molar-refractivity contribution is 0.321. The summed E-state index contributed by atoms with van der Waals surface area (Å²) in [5.41, 5.74) is 3.54. The Morgan fingerprint density at radius 3 is 2.29 bits per heavy atom. The van der Waals surface area contributed by atoms with Gasteiger partial charge in [-0.2, -0.15) is 0 Å². The van der Waals surface area contributed by atoms with E-state index in [1.54, 1.807) is 21.3 Å². The number of fused-ring (bicyclic) bond motifs is 1. The summed E-state index contributed by atoms with van der Waals surface area (Å²) in [5, 5.41) is 1.24. The van der Waals surface area contributed by atoms with E-state index in [0.717, 1.165) is 11.3 Å². The molecule has 4 heteroatoms. The fourth-order valence-corrected chi connectivity index (χ4v) is 3.21. The molecule has 0 spiro atoms. The maximum absolute atomic E-state index is 5.63. The topological polar surface area (TPSA) is 32.6 Å². The van der Waals surface area contributed by atoms with Gasteiger partial charge in [-0.05, 0) is 35.2 Å². The van der Waals surface area contributed by atoms with E-state index in [-0.39, 0.29) is 5.92 Å². The first-order valence-electron chi connectivity index (χ1n) is 7.94. The molecule has 0 saturated heterocycles. The van der Waals surface area contributed by atoms with Gasteiger partial charge in [0, 0.05) is 30.2 Å². The number of rotatable bonds is 5. The van der Waals surface area contributed by atoms with Gasteiger partial charge in [0.2, 0.25) is 5.75 Å². The van der Waals surface area contributed by atoms with E-state index in [9.17, 15) is 0 Å². The zero-order chi connectivity index (χ0) is 17.3. The molecule has 0 bridgehead atoms. The predicted octanol–water partition coefficient (Wildman–Crippen LogP) is 4.36. The lowest BCUT2D eigenvalue weighted by atomic mass is 9.91. The van der Waals surface area contributed by atoms with Crippen molar-refractivity contribution in [3.05, 3.63) is 53.7 Å². The molecule has 0 amide bonds. The normalized spacial score (nSPS) is 12.2. The van der Waals surface area contributed by atoms with Crippen molar-refractivity contribution in [3.8, 4) is 17.2 Å². The second kappa shape index (κ2) is 6.48. The molecule has 1 unspecified atom stereocenters. The molecule has 0 aliphatic heterocycles. The summed E-state index contributed by atoms with van der Waals surface area (Å²) in [6, 6.07) is 12.7. The van der Waals surface area contributed by atoms with E-state index < -0.39 is 0 Å². The van der Waals surface area contributed by atoms with Gasteiger partial charge < -0.3 is 18.8 Å². The first-order valence-corrected chi connectivity index (χ1v) is 7.94. The van der Waals surface area contributed by atoms with Crippen LogP contribution in [0.1, 0.15) is 24.0 Å². The van der Waals surface area contributed by atoms with Crippen molar-refractivity contribution in [1.82, 2.24) is 4.57 Å². The van der Waals surface area contributed by atoms with Gasteiger partial charge in [-0.1, -0.05) is 19.1 Å². The molecule has 0 saturated carbocycles. The molecule has 3 aromatic rings. The minimum absolute atomic E-state index is 0.171. The highest BCUT2D eigenvalue weighted by atomic mass is 16.5. The zero-order valence-electron chi connectivity index (χ0n) is 14.8. The van der Waals surface area contributed by atoms with Crippen molar-refractivity contribution in [2.45, 2.75) is 12.8 Å². The third-order valence-corrected chi connectivity index (χ3v) is 4.61. The van der Waals surface area contributed by atoms with Crippen molar-refractivity contribution < 1.29 is 14.2 Å². The van der Waals surface area contributed by atoms with Crippen molar-refractivity contribution in [1.29, 1.82) is 0 Å². The van der Waals surface area contributed by atoms with Crippen molar-refractivity contribution in [3.63, 3.8) is 0 Å². The predicted molar refractivity (Wildman–Crippen MR) is 96.5 cm³/mol. The van der Waals surface area contributed by atoms with E-state index in [0.29, 0.717) is 11.5 Å². The van der Waals surface area contributed by atoms with Crippen molar-refractivity contribution in [2.75, 3.05) is 21.3 Å². The largest absolute Gasteiger partial charge is 0.493 e. The van der Waals surface area contributed by atoms with Crippen molar-refractivity contribution in [2.24, 2.45) is 7.05 Å². The number of benzene rings is 2. The Balaban J connectivity index is 2.09. The molecular formula is C20H23NO3. The third kappa shape index (κ3) is 2.58. The molecule has 0 aliphatic carbocycles. The monoisotopic (exact) mass is 325 g/mol. The van der Waals surface area contributed by atoms with Crippen LogP contribution in [0.25, 0.3) is 10.9 Å². The Hall–Kier alpha value is -2.62. The SMILES string of the molecule is COc1ccc(C(C)c2ccc3c(ccn3C)c2)c(OC)c1OC. The first-order chi connectivity index (χ1) is 11.6. The molecule has 0 radical (unpaired) electrons. The molecule has 2 aromatic carbocycles. The summed E-state index contributed by atoms with van der Waals surface area (Å²) >= 11 is 0. The van der Waals surface area contributed by atoms with Gasteiger partial charge in [-0.25, -0.2) is 0 Å². The Labute approximate surface area is 142 Å². The molecule has 1 heterocycles. The molecular weight excluding hydrogens is 302 g/mol. The van der Waals surface area contributed by atoms with E-state index in [1.807, 2.05) is 12.1 Å². The smallest absolute Gasteiger partial charge is 0.203 e. The van der Waals surface area contributed by atoms with Crippen molar-refractivity contribution >= 4 is 10.9 Å². The van der Waals surface area contributed by atoms with Crippen LogP contribution >= 0.6 is 0 Å². The van der Waals surface area contributed by atoms with Gasteiger partial charge in [0.15, 0.2) is 11.5 Å². The van der Waals surface area contributed by atoms with Crippen LogP contribution in [0.5, 0.6) is 17.2 Å². The van der Waals surface area contributed by atoms with E-state index in [1.165, 1.54) is 16.5 Å². The first kappa shape index (κ1) is 16.2. The Bertz CT molecular complexity index is 867. The summed E-state index contributed by atoms with van der Waals surface area (Å²) in [7, 11) is 6.98. The van der Waals surface area contributed by atoms with Gasteiger partial charge in [0.05, 0.1) is 21.3 Å². The molecule has 4 nitrogen and oxygen atoms in total. The van der Waals surface area contributed by atoms with Crippen LogP contribution in [0.3, 0.4) is 0 Å². The molecule has 0 aliphatic rings. The van der Waals surface area contributed by atoms with E-state index in [2.05, 4.69) is 49.0 Å². The number of hydrogen-bond donors (Lipinski definition) is 0. The standard InChI is InChI=1S/C20H23NO3/c1-13(14-6-8-17-15(12-14)10-11-21(17)2)16-7-9-18(22-3)20(24-5)19(16)23-4/h6-13H,1-5H3. The summed E-state index contributed by atoms with van der Waals surface area (Å²) in [6.45, 7) is 2.17. The quantitative estimate of drug-likeness (QED) is 0.699. The number of hydrogen-bond acceptors (Lipinski definition) is 3. The van der Waals surface area contributed by atoms with Crippen LogP contribution in [-0.2, 0) is 7.05 Å². The Morgan fingerprint density at radius 1 is 0.875 bits per heavy atom. The fraction of sp³-hybridized carbons (Fsp3) is 0.300. The number of aryl methyl sites for hydroxylation is 1. The van der Waals surface area contributed by atoms with Gasteiger partial charge >= 0.3 is 0 Å². The van der Waals surface area contributed by atoms with Crippen LogP contribution in [0.15, 0.2) is 42.6 Å². The molecule has 3 rings (SSSR count). The van der Waals surface area contributed by atoms with Gasteiger partial charge in [0.1, 0.15) is 0 Å². The Kier molecular flexibility index (Phi) is 4.38.